The highest BCUT2D eigenvalue weighted by atomic mass is 35.5. The van der Waals surface area contributed by atoms with Crippen molar-refractivity contribution < 1.29 is 19.1 Å². The van der Waals surface area contributed by atoms with Gasteiger partial charge >= 0.3 is 5.97 Å². The molecule has 8 heteroatoms. The normalized spacial score (nSPS) is 20.4. The van der Waals surface area contributed by atoms with Gasteiger partial charge in [-0.15, -0.1) is 0 Å². The van der Waals surface area contributed by atoms with Crippen LogP contribution in [0.4, 0.5) is 4.39 Å². The molecule has 0 radical (unpaired) electrons. The monoisotopic (exact) mass is 483 g/mol. The van der Waals surface area contributed by atoms with Gasteiger partial charge in [0.2, 0.25) is 5.91 Å². The second-order valence-corrected chi connectivity index (χ2v) is 9.87. The van der Waals surface area contributed by atoms with Gasteiger partial charge in [-0.1, -0.05) is 17.7 Å². The summed E-state index contributed by atoms with van der Waals surface area (Å²) in [7, 11) is 0. The van der Waals surface area contributed by atoms with Gasteiger partial charge in [0.1, 0.15) is 11.5 Å². The van der Waals surface area contributed by atoms with Gasteiger partial charge in [0, 0.05) is 36.8 Å². The molecule has 1 saturated carbocycles. The Hall–Kier alpha value is -2.93. The number of carbonyl (C=O) groups excluding carboxylic acids is 1. The van der Waals surface area contributed by atoms with Gasteiger partial charge in [-0.25, -0.2) is 9.37 Å². The number of carboxylic acid groups (broad SMARTS) is 1. The van der Waals surface area contributed by atoms with Crippen LogP contribution in [0.3, 0.4) is 0 Å². The standard InChI is InChI=1S/C26H27ClFN3O3/c27-21-8-5-17(12-22(21)28)14-31-23-15-30(11-9-19(23)20-2-1-10-29-25(20)31)24(32)13-16-3-6-18(7-4-16)26(33)34/h1-2,5,8,10,12,16,18H,3-4,6-7,9,11,13-15H2,(H,33,34)/t16-,18-. The molecule has 1 aliphatic heterocycles. The minimum absolute atomic E-state index is 0.0930. The molecule has 3 aromatic rings. The van der Waals surface area contributed by atoms with Crippen molar-refractivity contribution in [2.75, 3.05) is 6.54 Å². The first-order valence-corrected chi connectivity index (χ1v) is 12.2. The summed E-state index contributed by atoms with van der Waals surface area (Å²) in [6.45, 7) is 1.59. The fourth-order valence-corrected chi connectivity index (χ4v) is 5.57. The number of hydrogen-bond donors (Lipinski definition) is 1. The van der Waals surface area contributed by atoms with E-state index in [1.165, 1.54) is 11.6 Å². The quantitative estimate of drug-likeness (QED) is 0.551. The lowest BCUT2D eigenvalue weighted by Gasteiger charge is -2.31. The Morgan fingerprint density at radius 3 is 2.71 bits per heavy atom. The summed E-state index contributed by atoms with van der Waals surface area (Å²) >= 11 is 5.86. The molecular formula is C26H27ClFN3O3. The Morgan fingerprint density at radius 1 is 1.18 bits per heavy atom. The van der Waals surface area contributed by atoms with Crippen LogP contribution in [0, 0.1) is 17.7 Å². The summed E-state index contributed by atoms with van der Waals surface area (Å²) in [5, 5.41) is 10.4. The maximum atomic E-state index is 14.1. The first-order chi connectivity index (χ1) is 16.4. The van der Waals surface area contributed by atoms with Crippen molar-refractivity contribution in [3.05, 3.63) is 64.2 Å². The zero-order chi connectivity index (χ0) is 23.8. The fraction of sp³-hybridized carbons (Fsp3) is 0.423. The van der Waals surface area contributed by atoms with E-state index in [2.05, 4.69) is 15.6 Å². The van der Waals surface area contributed by atoms with E-state index in [1.807, 2.05) is 17.0 Å². The number of nitrogens with zero attached hydrogens (tertiary/aromatic N) is 3. The molecule has 0 saturated heterocycles. The van der Waals surface area contributed by atoms with Crippen molar-refractivity contribution in [2.24, 2.45) is 11.8 Å². The van der Waals surface area contributed by atoms with E-state index in [-0.39, 0.29) is 22.8 Å². The first kappa shape index (κ1) is 22.8. The summed E-state index contributed by atoms with van der Waals surface area (Å²) in [6, 6.07) is 8.79. The number of aromatic nitrogens is 2. The molecule has 1 N–H and O–H groups in total. The van der Waals surface area contributed by atoms with Crippen LogP contribution in [0.25, 0.3) is 11.0 Å². The number of benzene rings is 1. The van der Waals surface area contributed by atoms with Gasteiger partial charge in [0.05, 0.1) is 17.5 Å². The molecule has 6 nitrogen and oxygen atoms in total. The SMILES string of the molecule is O=C(C[C@H]1CC[C@H](C(=O)O)CC1)N1CCc2c(n(Cc3ccc(Cl)c(F)c3)c3ncccc23)C1. The van der Waals surface area contributed by atoms with Crippen LogP contribution in [-0.4, -0.2) is 38.0 Å². The van der Waals surface area contributed by atoms with Crippen molar-refractivity contribution >= 4 is 34.5 Å². The summed E-state index contributed by atoms with van der Waals surface area (Å²) in [6.07, 6.45) is 5.83. The number of aliphatic carboxylic acids is 1. The third-order valence-electron chi connectivity index (χ3n) is 7.35. The number of rotatable bonds is 5. The van der Waals surface area contributed by atoms with E-state index in [1.54, 1.807) is 12.3 Å². The van der Waals surface area contributed by atoms with Crippen LogP contribution in [-0.2, 0) is 29.1 Å². The minimum Gasteiger partial charge on any atom is -0.481 e. The molecule has 5 rings (SSSR count). The molecule has 178 valence electrons. The van der Waals surface area contributed by atoms with Gasteiger partial charge in [0.25, 0.3) is 0 Å². The highest BCUT2D eigenvalue weighted by molar-refractivity contribution is 6.30. The molecule has 0 atom stereocenters. The van der Waals surface area contributed by atoms with Gasteiger partial charge < -0.3 is 14.6 Å². The van der Waals surface area contributed by atoms with E-state index < -0.39 is 11.8 Å². The predicted molar refractivity (Wildman–Crippen MR) is 127 cm³/mol. The highest BCUT2D eigenvalue weighted by Crippen LogP contribution is 2.34. The molecule has 3 heterocycles. The average molecular weight is 484 g/mol. The molecule has 1 aliphatic carbocycles. The highest BCUT2D eigenvalue weighted by Gasteiger charge is 2.31. The van der Waals surface area contributed by atoms with E-state index in [0.717, 1.165) is 41.6 Å². The summed E-state index contributed by atoms with van der Waals surface area (Å²) in [4.78, 5) is 30.9. The zero-order valence-electron chi connectivity index (χ0n) is 18.8. The van der Waals surface area contributed by atoms with Crippen LogP contribution in [0.2, 0.25) is 5.02 Å². The average Bonchev–Trinajstić information content (AvgIpc) is 3.15. The maximum absolute atomic E-state index is 14.1. The topological polar surface area (TPSA) is 75.4 Å². The van der Waals surface area contributed by atoms with Gasteiger partial charge in [0.15, 0.2) is 0 Å². The number of carboxylic acids is 1. The lowest BCUT2D eigenvalue weighted by molar-refractivity contribution is -0.143. The molecule has 0 unspecified atom stereocenters. The van der Waals surface area contributed by atoms with Crippen LogP contribution < -0.4 is 0 Å². The van der Waals surface area contributed by atoms with Crippen molar-refractivity contribution in [3.8, 4) is 0 Å². The molecule has 34 heavy (non-hydrogen) atoms. The lowest BCUT2D eigenvalue weighted by Crippen LogP contribution is -2.38. The summed E-state index contributed by atoms with van der Waals surface area (Å²) < 4.78 is 16.2. The molecule has 1 aromatic carbocycles. The smallest absolute Gasteiger partial charge is 0.306 e. The van der Waals surface area contributed by atoms with Crippen molar-refractivity contribution in [1.82, 2.24) is 14.5 Å². The predicted octanol–water partition coefficient (Wildman–Crippen LogP) is 5.04. The van der Waals surface area contributed by atoms with E-state index in [9.17, 15) is 19.1 Å². The molecular weight excluding hydrogens is 457 g/mol. The van der Waals surface area contributed by atoms with Crippen molar-refractivity contribution in [3.63, 3.8) is 0 Å². The number of amides is 1. The van der Waals surface area contributed by atoms with Crippen LogP contribution in [0.15, 0.2) is 36.5 Å². The molecule has 2 aliphatic rings. The van der Waals surface area contributed by atoms with Crippen molar-refractivity contribution in [2.45, 2.75) is 51.6 Å². The number of pyridine rings is 1. The number of halogens is 2. The first-order valence-electron chi connectivity index (χ1n) is 11.8. The van der Waals surface area contributed by atoms with Gasteiger partial charge in [-0.3, -0.25) is 9.59 Å². The second-order valence-electron chi connectivity index (χ2n) is 9.46. The van der Waals surface area contributed by atoms with E-state index in [0.29, 0.717) is 38.9 Å². The largest absolute Gasteiger partial charge is 0.481 e. The molecule has 2 aromatic heterocycles. The van der Waals surface area contributed by atoms with Gasteiger partial charge in [-0.05, 0) is 73.4 Å². The maximum Gasteiger partial charge on any atom is 0.306 e. The molecule has 0 bridgehead atoms. The third-order valence-corrected chi connectivity index (χ3v) is 7.66. The number of carbonyl (C=O) groups is 2. The second kappa shape index (κ2) is 9.37. The summed E-state index contributed by atoms with van der Waals surface area (Å²) in [5.74, 6) is -1.09. The molecule has 1 amide bonds. The van der Waals surface area contributed by atoms with E-state index in [4.69, 9.17) is 11.6 Å². The number of fused-ring (bicyclic) bond motifs is 3. The summed E-state index contributed by atoms with van der Waals surface area (Å²) in [5.41, 5.74) is 3.86. The van der Waals surface area contributed by atoms with Crippen LogP contribution >= 0.6 is 11.6 Å². The minimum atomic E-state index is -0.727. The lowest BCUT2D eigenvalue weighted by atomic mass is 9.80. The molecule has 0 spiro atoms. The van der Waals surface area contributed by atoms with Crippen LogP contribution in [0.5, 0.6) is 0 Å². The van der Waals surface area contributed by atoms with Crippen molar-refractivity contribution in [1.29, 1.82) is 0 Å². The fourth-order valence-electron chi connectivity index (χ4n) is 5.45. The molecule has 1 fully saturated rings. The zero-order valence-corrected chi connectivity index (χ0v) is 19.6. The Morgan fingerprint density at radius 2 is 1.97 bits per heavy atom. The van der Waals surface area contributed by atoms with E-state index >= 15 is 0 Å². The van der Waals surface area contributed by atoms with Gasteiger partial charge in [-0.2, -0.15) is 0 Å². The Kier molecular flexibility index (Phi) is 6.30. The van der Waals surface area contributed by atoms with Crippen LogP contribution in [0.1, 0.15) is 48.9 Å². The Labute approximate surface area is 202 Å². The third kappa shape index (κ3) is 4.41. The Bertz CT molecular complexity index is 1250. The number of hydrogen-bond acceptors (Lipinski definition) is 3. The Balaban J connectivity index is 1.36.